The Hall–Kier alpha value is 0.830. The molecule has 0 aliphatic rings. The first kappa shape index (κ1) is 10.8. The molecule has 0 aromatic rings. The van der Waals surface area contributed by atoms with Crippen LogP contribution in [-0.4, -0.2) is 23.3 Å². The maximum absolute atomic E-state index is 9.92. The molecule has 0 bridgehead atoms. The van der Waals surface area contributed by atoms with Crippen molar-refractivity contribution in [1.29, 1.82) is 0 Å². The number of halogens is 2. The summed E-state index contributed by atoms with van der Waals surface area (Å²) in [6.07, 6.45) is 0.458. The fraction of sp³-hybridized carbons (Fsp3) is 1.00. The van der Waals surface area contributed by atoms with Gasteiger partial charge in [0.05, 0.1) is 10.3 Å². The van der Waals surface area contributed by atoms with Gasteiger partial charge in [0.2, 0.25) is 0 Å². The monoisotopic (exact) mass is 296 g/mol. The summed E-state index contributed by atoms with van der Waals surface area (Å²) in [6, 6.07) is 0. The first-order chi connectivity index (χ1) is 4.42. The molecule has 4 nitrogen and oxygen atoms in total. The van der Waals surface area contributed by atoms with Crippen LogP contribution in [0.25, 0.3) is 0 Å². The zero-order valence-corrected chi connectivity index (χ0v) is 8.82. The van der Waals surface area contributed by atoms with E-state index in [1.165, 1.54) is 0 Å². The molecule has 0 amide bonds. The second-order valence-electron chi connectivity index (χ2n) is 1.43. The highest BCUT2D eigenvalue weighted by atomic mass is 79.9. The number of hydrogen-bond acceptors (Lipinski definition) is 3. The van der Waals surface area contributed by atoms with E-state index in [-0.39, 0.29) is 10.3 Å². The molecule has 1 N–H and O–H groups in total. The van der Waals surface area contributed by atoms with Crippen molar-refractivity contribution in [3.63, 3.8) is 0 Å². The summed E-state index contributed by atoms with van der Waals surface area (Å²) in [7, 11) is -4.26. The molecule has 0 saturated heterocycles. The minimum Gasteiger partial charge on any atom is -0.264 e. The molecule has 0 heterocycles. The predicted molar refractivity (Wildman–Crippen MR) is 43.8 cm³/mol. The van der Waals surface area contributed by atoms with E-state index in [0.29, 0.717) is 6.42 Å². The topological polar surface area (TPSA) is 63.6 Å². The highest BCUT2D eigenvalue weighted by Gasteiger charge is 2.05. The summed E-state index contributed by atoms with van der Waals surface area (Å²) in [5.41, 5.74) is 0. The van der Waals surface area contributed by atoms with Crippen LogP contribution in [-0.2, 0) is 14.6 Å². The van der Waals surface area contributed by atoms with Gasteiger partial charge in [0.1, 0.15) is 0 Å². The summed E-state index contributed by atoms with van der Waals surface area (Å²) < 4.78 is 31.9. The van der Waals surface area contributed by atoms with E-state index in [2.05, 4.69) is 36.0 Å². The Morgan fingerprint density at radius 2 is 2.00 bits per heavy atom. The Morgan fingerprint density at radius 3 is 2.30 bits per heavy atom. The van der Waals surface area contributed by atoms with Crippen LogP contribution in [0.5, 0.6) is 0 Å². The number of alkyl halides is 2. The first-order valence-electron chi connectivity index (χ1n) is 2.32. The number of rotatable bonds is 4. The molecule has 0 unspecified atom stereocenters. The summed E-state index contributed by atoms with van der Waals surface area (Å²) in [4.78, 5) is 0. The van der Waals surface area contributed by atoms with Gasteiger partial charge >= 0.3 is 10.4 Å². The van der Waals surface area contributed by atoms with Gasteiger partial charge in [-0.3, -0.25) is 4.55 Å². The van der Waals surface area contributed by atoms with E-state index >= 15 is 0 Å². The van der Waals surface area contributed by atoms with Crippen LogP contribution in [0.1, 0.15) is 6.42 Å². The van der Waals surface area contributed by atoms with E-state index in [1.807, 2.05) is 0 Å². The summed E-state index contributed by atoms with van der Waals surface area (Å²) in [5, 5.41) is 0. The minimum atomic E-state index is -4.26. The van der Waals surface area contributed by atoms with Gasteiger partial charge in [-0.1, -0.05) is 31.9 Å². The molecule has 0 spiro atoms. The highest BCUT2D eigenvalue weighted by Crippen LogP contribution is 2.12. The molecule has 0 rings (SSSR count). The second kappa shape index (κ2) is 4.66. The minimum absolute atomic E-state index is 0.00162. The van der Waals surface area contributed by atoms with E-state index < -0.39 is 10.4 Å². The van der Waals surface area contributed by atoms with Crippen LogP contribution in [0, 0.1) is 0 Å². The van der Waals surface area contributed by atoms with Crippen LogP contribution >= 0.6 is 31.9 Å². The summed E-state index contributed by atoms with van der Waals surface area (Å²) in [6.45, 7) is -0.0417. The lowest BCUT2D eigenvalue weighted by atomic mass is 10.5. The van der Waals surface area contributed by atoms with E-state index in [0.717, 1.165) is 0 Å². The Kier molecular flexibility index (Phi) is 5.04. The van der Waals surface area contributed by atoms with Gasteiger partial charge < -0.3 is 0 Å². The van der Waals surface area contributed by atoms with Crippen molar-refractivity contribution in [2.45, 2.75) is 10.2 Å². The Morgan fingerprint density at radius 1 is 1.50 bits per heavy atom. The third kappa shape index (κ3) is 8.83. The largest absolute Gasteiger partial charge is 0.397 e. The maximum Gasteiger partial charge on any atom is 0.397 e. The zero-order valence-electron chi connectivity index (χ0n) is 4.83. The van der Waals surface area contributed by atoms with Crippen molar-refractivity contribution < 1.29 is 17.2 Å². The summed E-state index contributed by atoms with van der Waals surface area (Å²) in [5.74, 6) is 0. The molecule has 0 fully saturated rings. The van der Waals surface area contributed by atoms with Crippen molar-refractivity contribution in [2.24, 2.45) is 0 Å². The van der Waals surface area contributed by atoms with Gasteiger partial charge in [0, 0.05) is 0 Å². The Balaban J connectivity index is 3.39. The lowest BCUT2D eigenvalue weighted by Crippen LogP contribution is -2.06. The van der Waals surface area contributed by atoms with Crippen LogP contribution in [0.2, 0.25) is 0 Å². The first-order valence-corrected chi connectivity index (χ1v) is 5.51. The molecule has 0 radical (unpaired) electrons. The van der Waals surface area contributed by atoms with Gasteiger partial charge in [-0.25, -0.2) is 4.18 Å². The van der Waals surface area contributed by atoms with E-state index in [9.17, 15) is 8.42 Å². The second-order valence-corrected chi connectivity index (χ2v) is 5.96. The van der Waals surface area contributed by atoms with Crippen molar-refractivity contribution in [2.75, 3.05) is 6.61 Å². The molecule has 10 heavy (non-hydrogen) atoms. The molecular formula is C3H6Br2O4S. The fourth-order valence-electron chi connectivity index (χ4n) is 0.243. The van der Waals surface area contributed by atoms with Crippen molar-refractivity contribution >= 4 is 42.3 Å². The average molecular weight is 298 g/mol. The third-order valence-electron chi connectivity index (χ3n) is 0.568. The number of hydrogen-bond donors (Lipinski definition) is 1. The van der Waals surface area contributed by atoms with Crippen molar-refractivity contribution in [3.8, 4) is 0 Å². The molecule has 0 atom stereocenters. The molecule has 0 aromatic carbocycles. The summed E-state index contributed by atoms with van der Waals surface area (Å²) >= 11 is 6.20. The molecule has 0 aliphatic heterocycles. The fourth-order valence-corrected chi connectivity index (χ4v) is 0.923. The molecule has 0 aliphatic carbocycles. The lowest BCUT2D eigenvalue weighted by molar-refractivity contribution is 0.269. The van der Waals surface area contributed by atoms with E-state index in [4.69, 9.17) is 4.55 Å². The molecule has 0 saturated carbocycles. The molecule has 7 heteroatoms. The van der Waals surface area contributed by atoms with Gasteiger partial charge in [-0.2, -0.15) is 8.42 Å². The van der Waals surface area contributed by atoms with E-state index in [1.54, 1.807) is 0 Å². The molecular weight excluding hydrogens is 292 g/mol. The maximum atomic E-state index is 9.92. The smallest absolute Gasteiger partial charge is 0.264 e. The van der Waals surface area contributed by atoms with Gasteiger partial charge in [0.15, 0.2) is 0 Å². The van der Waals surface area contributed by atoms with Gasteiger partial charge in [-0.15, -0.1) is 0 Å². The van der Waals surface area contributed by atoms with Crippen LogP contribution < -0.4 is 0 Å². The highest BCUT2D eigenvalue weighted by molar-refractivity contribution is 9.24. The van der Waals surface area contributed by atoms with Crippen LogP contribution in [0.4, 0.5) is 0 Å². The Bertz CT molecular complexity index is 175. The molecule has 0 aromatic heterocycles. The van der Waals surface area contributed by atoms with Crippen molar-refractivity contribution in [3.05, 3.63) is 0 Å². The quantitative estimate of drug-likeness (QED) is 0.628. The van der Waals surface area contributed by atoms with Gasteiger partial charge in [-0.05, 0) is 6.42 Å². The lowest BCUT2D eigenvalue weighted by Gasteiger charge is -1.99. The third-order valence-corrected chi connectivity index (χ3v) is 1.95. The van der Waals surface area contributed by atoms with Gasteiger partial charge in [0.25, 0.3) is 0 Å². The van der Waals surface area contributed by atoms with Crippen LogP contribution in [0.15, 0.2) is 0 Å². The predicted octanol–water partition coefficient (Wildman–Crippen LogP) is 1.31. The Labute approximate surface area is 76.2 Å². The normalized spacial score (nSPS) is 12.4. The van der Waals surface area contributed by atoms with Crippen molar-refractivity contribution in [1.82, 2.24) is 0 Å². The SMILES string of the molecule is O=S(=O)(O)OCCC(Br)Br. The average Bonchev–Trinajstić information content (AvgIpc) is 1.59. The molecule has 62 valence electrons. The van der Waals surface area contributed by atoms with Crippen LogP contribution in [0.3, 0.4) is 0 Å². The standard InChI is InChI=1S/C3H6Br2O4S/c4-3(5)1-2-9-10(6,7)8/h3H,1-2H2,(H,6,7,8). The zero-order chi connectivity index (χ0) is 8.20.